The van der Waals surface area contributed by atoms with Crippen LogP contribution in [0.5, 0.6) is 5.75 Å². The number of hydrogen-bond acceptors (Lipinski definition) is 10. The number of nitrogens with one attached hydrogen (secondary N) is 2. The lowest BCUT2D eigenvalue weighted by Gasteiger charge is -2.12. The van der Waals surface area contributed by atoms with E-state index < -0.39 is 17.7 Å². The molecule has 0 aliphatic rings. The number of amides is 3. The monoisotopic (exact) mass is 629 g/mol. The van der Waals surface area contributed by atoms with Crippen LogP contribution in [0.2, 0.25) is 0 Å². The highest BCUT2D eigenvalue weighted by atomic mass is 16.5. The van der Waals surface area contributed by atoms with Gasteiger partial charge in [-0.2, -0.15) is 5.10 Å². The fourth-order valence-electron chi connectivity index (χ4n) is 5.01. The number of allylic oxidation sites excluding steroid dienone is 2. The Bertz CT molecular complexity index is 1970. The number of anilines is 2. The number of imidazole rings is 2. The van der Waals surface area contributed by atoms with Crippen molar-refractivity contribution in [3.05, 3.63) is 65.1 Å². The van der Waals surface area contributed by atoms with E-state index in [0.29, 0.717) is 64.8 Å². The van der Waals surface area contributed by atoms with Gasteiger partial charge in [0.05, 0.1) is 23.4 Å². The van der Waals surface area contributed by atoms with Crippen LogP contribution in [-0.4, -0.2) is 77.0 Å². The first-order chi connectivity index (χ1) is 22.1. The van der Waals surface area contributed by atoms with E-state index in [2.05, 4.69) is 30.7 Å². The first-order valence-electron chi connectivity index (χ1n) is 14.6. The largest absolute Gasteiger partial charge is 0.491 e. The average molecular weight is 630 g/mol. The molecular weight excluding hydrogens is 594 g/mol. The number of nitrogens with two attached hydrogens (primary N) is 2. The zero-order valence-electron chi connectivity index (χ0n) is 25.6. The lowest BCUT2D eigenvalue weighted by Crippen LogP contribution is -2.20. The van der Waals surface area contributed by atoms with Crippen LogP contribution in [0.1, 0.15) is 50.2 Å². The van der Waals surface area contributed by atoms with Crippen molar-refractivity contribution in [3.8, 4) is 5.75 Å². The van der Waals surface area contributed by atoms with Gasteiger partial charge in [0, 0.05) is 51.5 Å². The molecule has 0 radical (unpaired) electrons. The van der Waals surface area contributed by atoms with Crippen LogP contribution >= 0.6 is 0 Å². The zero-order chi connectivity index (χ0) is 33.0. The van der Waals surface area contributed by atoms with Gasteiger partial charge in [-0.05, 0) is 38.1 Å². The van der Waals surface area contributed by atoms with E-state index in [-0.39, 0.29) is 36.8 Å². The van der Waals surface area contributed by atoms with Crippen molar-refractivity contribution in [2.24, 2.45) is 11.5 Å². The van der Waals surface area contributed by atoms with Gasteiger partial charge < -0.3 is 31.2 Å². The van der Waals surface area contributed by atoms with E-state index in [4.69, 9.17) is 16.2 Å². The Kier molecular flexibility index (Phi) is 9.27. The maximum atomic E-state index is 13.3. The number of primary amides is 2. The summed E-state index contributed by atoms with van der Waals surface area (Å²) in [5.74, 6) is -0.502. The number of aliphatic hydroxyl groups excluding tert-OH is 1. The van der Waals surface area contributed by atoms with E-state index >= 15 is 0 Å². The Morgan fingerprint density at radius 3 is 2.35 bits per heavy atom. The zero-order valence-corrected chi connectivity index (χ0v) is 25.6. The lowest BCUT2D eigenvalue weighted by molar-refractivity contribution is 0.0991. The second kappa shape index (κ2) is 13.5. The fraction of sp³-hybridized carbons (Fsp3) is 0.300. The van der Waals surface area contributed by atoms with Crippen molar-refractivity contribution in [2.45, 2.75) is 39.9 Å². The summed E-state index contributed by atoms with van der Waals surface area (Å²) >= 11 is 0. The van der Waals surface area contributed by atoms with Gasteiger partial charge in [-0.25, -0.2) is 15.0 Å². The molecule has 5 aromatic rings. The van der Waals surface area contributed by atoms with Crippen LogP contribution in [0.3, 0.4) is 0 Å². The van der Waals surface area contributed by atoms with E-state index in [9.17, 15) is 19.5 Å². The third-order valence-corrected chi connectivity index (χ3v) is 7.15. The molecule has 16 nitrogen and oxygen atoms in total. The highest BCUT2D eigenvalue weighted by molar-refractivity contribution is 6.03. The Labute approximate surface area is 263 Å². The minimum absolute atomic E-state index is 0.0473. The molecule has 0 atom stereocenters. The van der Waals surface area contributed by atoms with E-state index in [0.717, 1.165) is 0 Å². The van der Waals surface area contributed by atoms with Crippen LogP contribution < -0.4 is 26.8 Å². The SMILES string of the molecule is CCn1nc(C)cc1C(=O)Nc1nc2cc(C(N)=O)cnc2n1C/C=C/Cn1c(NC)nc2cc(C(N)=O)cc(OCCCO)c21. The van der Waals surface area contributed by atoms with Gasteiger partial charge in [0.25, 0.3) is 5.91 Å². The van der Waals surface area contributed by atoms with Crippen molar-refractivity contribution in [1.29, 1.82) is 0 Å². The molecular formula is C30H35N11O5. The predicted octanol–water partition coefficient (Wildman–Crippen LogP) is 1.82. The number of hydrogen-bond donors (Lipinski definition) is 5. The number of rotatable bonds is 14. The van der Waals surface area contributed by atoms with Crippen LogP contribution in [0.15, 0.2) is 42.6 Å². The lowest BCUT2D eigenvalue weighted by atomic mass is 10.1. The van der Waals surface area contributed by atoms with Crippen LogP contribution in [0.4, 0.5) is 11.9 Å². The third kappa shape index (κ3) is 6.37. The summed E-state index contributed by atoms with van der Waals surface area (Å²) < 4.78 is 11.1. The summed E-state index contributed by atoms with van der Waals surface area (Å²) in [6, 6.07) is 6.38. The standard InChI is InChI=1S/C30H35N11O5/c1-4-41-22(12-17(2)38-41)28(45)37-30-36-21-14-19(26(32)44)16-34-27(21)40(30)9-6-5-8-39-24-20(35-29(39)33-3)13-18(25(31)43)15-23(24)46-11-7-10-42/h5-6,12-16,42H,4,7-11H2,1-3H3,(H2,31,43)(H2,32,44)(H,33,35)(H,36,37,45)/b6-5+. The molecule has 7 N–H and O–H groups in total. The number of aromatic nitrogens is 7. The number of carbonyl (C=O) groups excluding carboxylic acids is 3. The van der Waals surface area contributed by atoms with E-state index in [1.807, 2.05) is 30.6 Å². The van der Waals surface area contributed by atoms with Crippen LogP contribution in [-0.2, 0) is 19.6 Å². The van der Waals surface area contributed by atoms with Crippen molar-refractivity contribution in [3.63, 3.8) is 0 Å². The molecule has 0 spiro atoms. The first kappa shape index (κ1) is 31.6. The van der Waals surface area contributed by atoms with Gasteiger partial charge in [-0.15, -0.1) is 0 Å². The number of aliphatic hydroxyl groups is 1. The second-order valence-corrected chi connectivity index (χ2v) is 10.3. The molecule has 3 amide bonds. The Morgan fingerprint density at radius 2 is 1.67 bits per heavy atom. The summed E-state index contributed by atoms with van der Waals surface area (Å²) in [4.78, 5) is 50.6. The van der Waals surface area contributed by atoms with Gasteiger partial charge in [-0.1, -0.05) is 12.2 Å². The molecule has 1 aromatic carbocycles. The summed E-state index contributed by atoms with van der Waals surface area (Å²) in [7, 11) is 1.73. The number of ether oxygens (including phenoxy) is 1. The number of fused-ring (bicyclic) bond motifs is 2. The quantitative estimate of drug-likeness (QED) is 0.0885. The number of nitrogens with zero attached hydrogens (tertiary/aromatic N) is 7. The summed E-state index contributed by atoms with van der Waals surface area (Å²) in [5.41, 5.74) is 14.5. The van der Waals surface area contributed by atoms with Gasteiger partial charge >= 0.3 is 0 Å². The van der Waals surface area contributed by atoms with Crippen molar-refractivity contribution in [2.75, 3.05) is 30.9 Å². The van der Waals surface area contributed by atoms with Gasteiger partial charge in [0.15, 0.2) is 5.65 Å². The minimum Gasteiger partial charge on any atom is -0.491 e. The topological polar surface area (TPSA) is 223 Å². The summed E-state index contributed by atoms with van der Waals surface area (Å²) in [5, 5.41) is 19.5. The van der Waals surface area contributed by atoms with E-state index in [1.54, 1.807) is 34.5 Å². The fourth-order valence-corrected chi connectivity index (χ4v) is 5.01. The first-order valence-corrected chi connectivity index (χ1v) is 14.6. The van der Waals surface area contributed by atoms with Crippen molar-refractivity contribution >= 4 is 51.8 Å². The Balaban J connectivity index is 1.47. The molecule has 4 aromatic heterocycles. The molecule has 46 heavy (non-hydrogen) atoms. The predicted molar refractivity (Wildman–Crippen MR) is 171 cm³/mol. The summed E-state index contributed by atoms with van der Waals surface area (Å²) in [6.45, 7) is 5.00. The normalized spacial score (nSPS) is 11.5. The molecule has 0 unspecified atom stereocenters. The van der Waals surface area contributed by atoms with E-state index in [1.165, 1.54) is 12.3 Å². The molecule has 0 saturated heterocycles. The smallest absolute Gasteiger partial charge is 0.276 e. The highest BCUT2D eigenvalue weighted by Crippen LogP contribution is 2.31. The van der Waals surface area contributed by atoms with Crippen LogP contribution in [0.25, 0.3) is 22.2 Å². The molecule has 16 heteroatoms. The number of benzene rings is 1. The molecule has 240 valence electrons. The highest BCUT2D eigenvalue weighted by Gasteiger charge is 2.20. The molecule has 0 fully saturated rings. The average Bonchev–Trinajstić information content (AvgIpc) is 3.71. The summed E-state index contributed by atoms with van der Waals surface area (Å²) in [6.07, 6.45) is 5.54. The maximum absolute atomic E-state index is 13.3. The Hall–Kier alpha value is -5.77. The molecule has 0 bridgehead atoms. The second-order valence-electron chi connectivity index (χ2n) is 10.3. The molecule has 4 heterocycles. The van der Waals surface area contributed by atoms with Gasteiger partial charge in [0.2, 0.25) is 23.7 Å². The molecule has 5 rings (SSSR count). The van der Waals surface area contributed by atoms with Gasteiger partial charge in [-0.3, -0.25) is 28.9 Å². The van der Waals surface area contributed by atoms with Crippen LogP contribution in [0, 0.1) is 6.92 Å². The number of carbonyl (C=O) groups is 3. The van der Waals surface area contributed by atoms with Crippen molar-refractivity contribution in [1.82, 2.24) is 33.9 Å². The maximum Gasteiger partial charge on any atom is 0.276 e. The van der Waals surface area contributed by atoms with Gasteiger partial charge in [0.1, 0.15) is 22.5 Å². The molecule has 0 saturated carbocycles. The third-order valence-electron chi connectivity index (χ3n) is 7.15. The minimum atomic E-state index is -0.646. The Morgan fingerprint density at radius 1 is 0.978 bits per heavy atom. The molecule has 0 aliphatic carbocycles. The number of pyridine rings is 1. The number of aryl methyl sites for hydroxylation is 2. The molecule has 0 aliphatic heterocycles. The van der Waals surface area contributed by atoms with Crippen molar-refractivity contribution < 1.29 is 24.2 Å².